The lowest BCUT2D eigenvalue weighted by atomic mass is 9.86. The zero-order chi connectivity index (χ0) is 32.1. The molecule has 0 aliphatic carbocycles. The average molecular weight is 623 g/mol. The Morgan fingerprint density at radius 3 is 2.02 bits per heavy atom. The van der Waals surface area contributed by atoms with Gasteiger partial charge in [-0.25, -0.2) is 0 Å². The van der Waals surface area contributed by atoms with Crippen LogP contribution in [0.25, 0.3) is 11.1 Å². The molecule has 0 fully saturated rings. The normalized spacial score (nSPS) is 19.1. The van der Waals surface area contributed by atoms with E-state index in [-0.39, 0.29) is 17.8 Å². The number of phenols is 1. The van der Waals surface area contributed by atoms with Crippen LogP contribution in [-0.2, 0) is 25.7 Å². The van der Waals surface area contributed by atoms with Crippen LogP contribution in [0.1, 0.15) is 45.5 Å². The van der Waals surface area contributed by atoms with E-state index in [1.54, 1.807) is 34.5 Å². The fraction of sp³-hybridized carbons (Fsp3) is 0.368. The summed E-state index contributed by atoms with van der Waals surface area (Å²) >= 11 is 0. The Balaban J connectivity index is 1.53. The Labute approximate surface area is 271 Å². The molecule has 3 aliphatic rings. The maximum Gasteiger partial charge on any atom is 0.204 e. The van der Waals surface area contributed by atoms with Crippen LogP contribution in [0.15, 0.2) is 54.6 Å². The van der Waals surface area contributed by atoms with Crippen LogP contribution in [-0.4, -0.2) is 70.5 Å². The minimum atomic E-state index is -0.0282. The first-order valence-corrected chi connectivity index (χ1v) is 15.9. The molecule has 4 aromatic rings. The number of hydrogen-bond donors (Lipinski definition) is 1. The van der Waals surface area contributed by atoms with Crippen molar-refractivity contribution in [2.24, 2.45) is 0 Å². The second kappa shape index (κ2) is 12.1. The number of likely N-dealkylation sites (N-methyl/N-ethyl adjacent to an activating group) is 2. The van der Waals surface area contributed by atoms with Crippen molar-refractivity contribution < 1.29 is 28.8 Å². The molecule has 1 N–H and O–H groups in total. The molecule has 0 saturated carbocycles. The smallest absolute Gasteiger partial charge is 0.204 e. The van der Waals surface area contributed by atoms with Crippen molar-refractivity contribution in [3.05, 3.63) is 88.0 Å². The maximum atomic E-state index is 11.2. The van der Waals surface area contributed by atoms with Gasteiger partial charge in [-0.15, -0.1) is 0 Å². The van der Waals surface area contributed by atoms with Crippen molar-refractivity contribution in [3.8, 4) is 51.4 Å². The molecule has 0 saturated heterocycles. The molecule has 3 heterocycles. The molecule has 0 aromatic heterocycles. The molecule has 0 unspecified atom stereocenters. The van der Waals surface area contributed by atoms with Crippen molar-refractivity contribution in [1.82, 2.24) is 9.80 Å². The van der Waals surface area contributed by atoms with E-state index in [0.29, 0.717) is 35.2 Å². The Bertz CT molecular complexity index is 1800. The van der Waals surface area contributed by atoms with Gasteiger partial charge in [-0.05, 0) is 110 Å². The summed E-state index contributed by atoms with van der Waals surface area (Å²) in [4.78, 5) is 4.77. The molecule has 6 bridgehead atoms. The summed E-state index contributed by atoms with van der Waals surface area (Å²) in [6.45, 7) is 1.81. The quantitative estimate of drug-likeness (QED) is 0.268. The van der Waals surface area contributed by atoms with Crippen molar-refractivity contribution >= 4 is 0 Å². The molecule has 46 heavy (non-hydrogen) atoms. The largest absolute Gasteiger partial charge is 0.507 e. The van der Waals surface area contributed by atoms with Crippen LogP contribution in [0.4, 0.5) is 0 Å². The summed E-state index contributed by atoms with van der Waals surface area (Å²) in [5.41, 5.74) is 8.59. The monoisotopic (exact) mass is 622 g/mol. The lowest BCUT2D eigenvalue weighted by Gasteiger charge is -2.37. The Morgan fingerprint density at radius 2 is 1.30 bits per heavy atom. The fourth-order valence-corrected chi connectivity index (χ4v) is 7.55. The number of nitrogens with zero attached hydrogens (tertiary/aromatic N) is 2. The Hall–Kier alpha value is -4.40. The standard InChI is InChI=1S/C38H42N2O6/c1-39-13-11-24-19-33(43-4)34-21-26(24)29(39)17-23-8-10-32(42-3)28(16-23)27-15-22(7-9-31(27)41)18-30-36-25(12-14-40(30)2)20-35(44-5)37(45-6)38(36)46-34/h7-10,15-16,19-21,29-30,41H,11-14,17-18H2,1-6H3/t29-,30+/m1/s1. The number of aromatic hydroxyl groups is 1. The fourth-order valence-electron chi connectivity index (χ4n) is 7.55. The zero-order valence-electron chi connectivity index (χ0n) is 27.5. The molecular weight excluding hydrogens is 580 g/mol. The van der Waals surface area contributed by atoms with Crippen LogP contribution in [0.5, 0.6) is 40.2 Å². The van der Waals surface area contributed by atoms with Gasteiger partial charge in [-0.1, -0.05) is 12.1 Å². The molecule has 8 heteroatoms. The third-order valence-corrected chi connectivity index (χ3v) is 10.1. The molecule has 240 valence electrons. The molecule has 8 nitrogen and oxygen atoms in total. The molecular formula is C38H42N2O6. The Kier molecular flexibility index (Phi) is 7.95. The van der Waals surface area contributed by atoms with Gasteiger partial charge in [0.1, 0.15) is 11.5 Å². The van der Waals surface area contributed by atoms with Gasteiger partial charge in [-0.3, -0.25) is 9.80 Å². The van der Waals surface area contributed by atoms with E-state index in [2.05, 4.69) is 60.3 Å². The third-order valence-electron chi connectivity index (χ3n) is 10.1. The van der Waals surface area contributed by atoms with E-state index >= 15 is 0 Å². The second-order valence-electron chi connectivity index (χ2n) is 12.6. The number of fused-ring (bicyclic) bond motifs is 6. The first kappa shape index (κ1) is 30.3. The lowest BCUT2D eigenvalue weighted by Crippen LogP contribution is -2.34. The van der Waals surface area contributed by atoms with Crippen molar-refractivity contribution in [2.45, 2.75) is 37.8 Å². The predicted octanol–water partition coefficient (Wildman–Crippen LogP) is 6.74. The highest BCUT2D eigenvalue weighted by molar-refractivity contribution is 5.77. The van der Waals surface area contributed by atoms with Gasteiger partial charge in [0.25, 0.3) is 0 Å². The van der Waals surface area contributed by atoms with Crippen molar-refractivity contribution in [1.29, 1.82) is 0 Å². The van der Waals surface area contributed by atoms with Crippen LogP contribution >= 0.6 is 0 Å². The summed E-state index contributed by atoms with van der Waals surface area (Å²) in [6.07, 6.45) is 3.23. The highest BCUT2D eigenvalue weighted by Crippen LogP contribution is 2.52. The van der Waals surface area contributed by atoms with Gasteiger partial charge in [0.2, 0.25) is 5.75 Å². The highest BCUT2D eigenvalue weighted by atomic mass is 16.5. The summed E-state index contributed by atoms with van der Waals surface area (Å²) in [6, 6.07) is 18.7. The third kappa shape index (κ3) is 5.10. The van der Waals surface area contributed by atoms with Gasteiger partial charge >= 0.3 is 0 Å². The van der Waals surface area contributed by atoms with E-state index in [1.165, 1.54) is 16.7 Å². The molecule has 0 radical (unpaired) electrons. The van der Waals surface area contributed by atoms with Crippen molar-refractivity contribution in [3.63, 3.8) is 0 Å². The van der Waals surface area contributed by atoms with E-state index in [4.69, 9.17) is 23.7 Å². The number of phenolic OH excluding ortho intramolecular Hbond substituents is 1. The van der Waals surface area contributed by atoms with E-state index < -0.39 is 0 Å². The van der Waals surface area contributed by atoms with Gasteiger partial charge in [0.05, 0.1) is 28.4 Å². The van der Waals surface area contributed by atoms with Gasteiger partial charge in [-0.2, -0.15) is 0 Å². The van der Waals surface area contributed by atoms with E-state index in [9.17, 15) is 5.11 Å². The zero-order valence-corrected chi connectivity index (χ0v) is 27.5. The SMILES string of the molecule is COc1cc2c3cc1Oc1c(OC)c(OC)cc4c1[C@H](Cc1ccc(O)c(c1)-c1cc(ccc1OC)C[C@H]3N(C)CC2)N(C)CC4. The number of benzene rings is 4. The predicted molar refractivity (Wildman–Crippen MR) is 178 cm³/mol. The minimum Gasteiger partial charge on any atom is -0.507 e. The molecule has 2 atom stereocenters. The number of methoxy groups -OCH3 is 4. The number of ether oxygens (including phenoxy) is 5. The summed E-state index contributed by atoms with van der Waals surface area (Å²) < 4.78 is 30.7. The first-order chi connectivity index (χ1) is 22.3. The topological polar surface area (TPSA) is 72.9 Å². The molecule has 3 aliphatic heterocycles. The van der Waals surface area contributed by atoms with E-state index in [0.717, 1.165) is 65.9 Å². The lowest BCUT2D eigenvalue weighted by molar-refractivity contribution is 0.220. The van der Waals surface area contributed by atoms with Crippen LogP contribution in [0, 0.1) is 0 Å². The summed E-state index contributed by atoms with van der Waals surface area (Å²) in [5, 5.41) is 11.2. The van der Waals surface area contributed by atoms with E-state index in [1.807, 2.05) is 12.1 Å². The first-order valence-electron chi connectivity index (χ1n) is 15.9. The average Bonchev–Trinajstić information content (AvgIpc) is 3.07. The molecule has 0 spiro atoms. The second-order valence-corrected chi connectivity index (χ2v) is 12.6. The van der Waals surface area contributed by atoms with Crippen molar-refractivity contribution in [2.75, 3.05) is 55.6 Å². The number of hydrogen-bond acceptors (Lipinski definition) is 8. The molecule has 0 amide bonds. The number of rotatable bonds is 4. The maximum absolute atomic E-state index is 11.2. The van der Waals surface area contributed by atoms with Gasteiger partial charge < -0.3 is 28.8 Å². The van der Waals surface area contributed by atoms with Crippen LogP contribution in [0.2, 0.25) is 0 Å². The van der Waals surface area contributed by atoms with Crippen LogP contribution < -0.4 is 23.7 Å². The minimum absolute atomic E-state index is 0.0282. The molecule has 7 rings (SSSR count). The van der Waals surface area contributed by atoms with Gasteiger partial charge in [0, 0.05) is 41.9 Å². The van der Waals surface area contributed by atoms with Crippen LogP contribution in [0.3, 0.4) is 0 Å². The summed E-state index contributed by atoms with van der Waals surface area (Å²) in [5.74, 6) is 4.14. The highest BCUT2D eigenvalue weighted by Gasteiger charge is 2.35. The Morgan fingerprint density at radius 1 is 0.674 bits per heavy atom. The van der Waals surface area contributed by atoms with Gasteiger partial charge in [0.15, 0.2) is 23.0 Å². The molecule has 4 aromatic carbocycles. The summed E-state index contributed by atoms with van der Waals surface area (Å²) in [7, 11) is 11.0.